The Morgan fingerprint density at radius 1 is 1.60 bits per heavy atom. The molecule has 1 N–H and O–H groups in total. The van der Waals surface area contributed by atoms with Crippen molar-refractivity contribution in [3.8, 4) is 11.9 Å². The normalized spacial score (nSPS) is 9.87. The first-order valence-electron chi connectivity index (χ1n) is 4.61. The predicted octanol–water partition coefficient (Wildman–Crippen LogP) is 0.462. The smallest absolute Gasteiger partial charge is 0.271 e. The highest BCUT2D eigenvalue weighted by Gasteiger charge is 2.06. The number of aromatic nitrogens is 1. The Balaban J connectivity index is 2.96. The SMILES string of the molecule is CCOCCn1c(O)ccc(C#N)c1=O. The van der Waals surface area contributed by atoms with Gasteiger partial charge in [0.05, 0.1) is 13.2 Å². The molecular formula is C10H12N2O3. The Bertz CT molecular complexity index is 431. The van der Waals surface area contributed by atoms with Crippen molar-refractivity contribution < 1.29 is 9.84 Å². The van der Waals surface area contributed by atoms with Gasteiger partial charge in [-0.15, -0.1) is 0 Å². The fourth-order valence-corrected chi connectivity index (χ4v) is 1.17. The third-order valence-corrected chi connectivity index (χ3v) is 1.93. The topological polar surface area (TPSA) is 75.2 Å². The lowest BCUT2D eigenvalue weighted by atomic mass is 10.3. The molecule has 0 fully saturated rings. The quantitative estimate of drug-likeness (QED) is 0.729. The van der Waals surface area contributed by atoms with Crippen molar-refractivity contribution in [2.45, 2.75) is 13.5 Å². The summed E-state index contributed by atoms with van der Waals surface area (Å²) in [7, 11) is 0. The van der Waals surface area contributed by atoms with Crippen LogP contribution in [-0.4, -0.2) is 22.9 Å². The summed E-state index contributed by atoms with van der Waals surface area (Å²) < 4.78 is 6.19. The molecule has 0 saturated carbocycles. The molecule has 0 aromatic carbocycles. The van der Waals surface area contributed by atoms with Gasteiger partial charge in [0, 0.05) is 6.61 Å². The molecule has 0 bridgehead atoms. The summed E-state index contributed by atoms with van der Waals surface area (Å²) >= 11 is 0. The first-order valence-corrected chi connectivity index (χ1v) is 4.61. The van der Waals surface area contributed by atoms with E-state index in [-0.39, 0.29) is 18.0 Å². The molecule has 0 unspecified atom stereocenters. The van der Waals surface area contributed by atoms with Gasteiger partial charge in [-0.05, 0) is 19.1 Å². The fourth-order valence-electron chi connectivity index (χ4n) is 1.17. The van der Waals surface area contributed by atoms with Gasteiger partial charge in [-0.1, -0.05) is 0 Å². The minimum atomic E-state index is -0.489. The first-order chi connectivity index (χ1) is 7.20. The van der Waals surface area contributed by atoms with Gasteiger partial charge in [0.1, 0.15) is 11.6 Å². The lowest BCUT2D eigenvalue weighted by Crippen LogP contribution is -2.24. The van der Waals surface area contributed by atoms with Crippen molar-refractivity contribution in [3.63, 3.8) is 0 Å². The maximum Gasteiger partial charge on any atom is 0.271 e. The van der Waals surface area contributed by atoms with E-state index in [1.165, 1.54) is 12.1 Å². The van der Waals surface area contributed by atoms with E-state index in [1.807, 2.05) is 6.92 Å². The van der Waals surface area contributed by atoms with Crippen LogP contribution in [0.5, 0.6) is 5.88 Å². The predicted molar refractivity (Wildman–Crippen MR) is 53.6 cm³/mol. The molecule has 1 heterocycles. The fraction of sp³-hybridized carbons (Fsp3) is 0.400. The number of rotatable bonds is 4. The van der Waals surface area contributed by atoms with E-state index < -0.39 is 5.56 Å². The molecule has 1 aromatic rings. The summed E-state index contributed by atoms with van der Waals surface area (Å²) in [6.45, 7) is 2.97. The zero-order valence-electron chi connectivity index (χ0n) is 8.43. The standard InChI is InChI=1S/C10H12N2O3/c1-2-15-6-5-12-9(13)4-3-8(7-11)10(12)14/h3-4,13H,2,5-6H2,1H3. The molecule has 5 heteroatoms. The van der Waals surface area contributed by atoms with Gasteiger partial charge < -0.3 is 9.84 Å². The van der Waals surface area contributed by atoms with E-state index in [4.69, 9.17) is 10.00 Å². The van der Waals surface area contributed by atoms with Crippen molar-refractivity contribution in [1.82, 2.24) is 4.57 Å². The van der Waals surface area contributed by atoms with Gasteiger partial charge in [0.2, 0.25) is 0 Å². The molecule has 0 aliphatic carbocycles. The molecule has 5 nitrogen and oxygen atoms in total. The van der Waals surface area contributed by atoms with Crippen LogP contribution in [0.4, 0.5) is 0 Å². The highest BCUT2D eigenvalue weighted by atomic mass is 16.5. The Kier molecular flexibility index (Phi) is 3.89. The minimum absolute atomic E-state index is 0.0179. The van der Waals surface area contributed by atoms with Crippen molar-refractivity contribution in [2.75, 3.05) is 13.2 Å². The molecule has 0 aliphatic rings. The molecule has 0 atom stereocenters. The summed E-state index contributed by atoms with van der Waals surface area (Å²) in [6, 6.07) is 4.39. The van der Waals surface area contributed by atoms with Gasteiger partial charge in [-0.2, -0.15) is 5.26 Å². The van der Waals surface area contributed by atoms with Crippen LogP contribution in [0.1, 0.15) is 12.5 Å². The summed E-state index contributed by atoms with van der Waals surface area (Å²) in [5, 5.41) is 18.0. The van der Waals surface area contributed by atoms with Crippen molar-refractivity contribution in [2.24, 2.45) is 0 Å². The van der Waals surface area contributed by atoms with Crippen LogP contribution < -0.4 is 5.56 Å². The second kappa shape index (κ2) is 5.17. The Morgan fingerprint density at radius 3 is 2.93 bits per heavy atom. The maximum atomic E-state index is 11.5. The number of nitrogens with zero attached hydrogens (tertiary/aromatic N) is 2. The number of hydrogen-bond acceptors (Lipinski definition) is 4. The van der Waals surface area contributed by atoms with E-state index in [0.717, 1.165) is 4.57 Å². The number of pyridine rings is 1. The van der Waals surface area contributed by atoms with Crippen LogP contribution in [0.25, 0.3) is 0 Å². The Hall–Kier alpha value is -1.80. The lowest BCUT2D eigenvalue weighted by molar-refractivity contribution is 0.136. The monoisotopic (exact) mass is 208 g/mol. The summed E-state index contributed by atoms with van der Waals surface area (Å²) in [6.07, 6.45) is 0. The average molecular weight is 208 g/mol. The number of nitriles is 1. The molecule has 0 radical (unpaired) electrons. The van der Waals surface area contributed by atoms with Crippen LogP contribution in [0, 0.1) is 11.3 Å². The molecule has 0 aliphatic heterocycles. The minimum Gasteiger partial charge on any atom is -0.494 e. The van der Waals surface area contributed by atoms with Crippen molar-refractivity contribution in [1.29, 1.82) is 5.26 Å². The lowest BCUT2D eigenvalue weighted by Gasteiger charge is -2.08. The highest BCUT2D eigenvalue weighted by Crippen LogP contribution is 2.05. The van der Waals surface area contributed by atoms with Gasteiger partial charge in [0.25, 0.3) is 5.56 Å². The van der Waals surface area contributed by atoms with E-state index in [9.17, 15) is 9.90 Å². The van der Waals surface area contributed by atoms with Crippen LogP contribution in [0.3, 0.4) is 0 Å². The number of hydrogen-bond donors (Lipinski definition) is 1. The van der Waals surface area contributed by atoms with E-state index in [0.29, 0.717) is 13.2 Å². The van der Waals surface area contributed by atoms with Crippen LogP contribution in [-0.2, 0) is 11.3 Å². The van der Waals surface area contributed by atoms with Gasteiger partial charge >= 0.3 is 0 Å². The second-order valence-corrected chi connectivity index (χ2v) is 2.87. The van der Waals surface area contributed by atoms with Gasteiger partial charge in [-0.25, -0.2) is 0 Å². The first kappa shape index (κ1) is 11.3. The summed E-state index contributed by atoms with van der Waals surface area (Å²) in [5.41, 5.74) is -0.471. The third kappa shape index (κ3) is 2.58. The molecule has 0 amide bonds. The van der Waals surface area contributed by atoms with Crippen molar-refractivity contribution >= 4 is 0 Å². The molecule has 0 spiro atoms. The average Bonchev–Trinajstić information content (AvgIpc) is 2.23. The van der Waals surface area contributed by atoms with E-state index in [1.54, 1.807) is 6.07 Å². The second-order valence-electron chi connectivity index (χ2n) is 2.87. The molecule has 15 heavy (non-hydrogen) atoms. The largest absolute Gasteiger partial charge is 0.494 e. The summed E-state index contributed by atoms with van der Waals surface area (Å²) in [5.74, 6) is -0.154. The van der Waals surface area contributed by atoms with E-state index in [2.05, 4.69) is 0 Å². The molecular weight excluding hydrogens is 196 g/mol. The Morgan fingerprint density at radius 2 is 2.33 bits per heavy atom. The highest BCUT2D eigenvalue weighted by molar-refractivity contribution is 5.29. The van der Waals surface area contributed by atoms with Crippen LogP contribution in [0.2, 0.25) is 0 Å². The van der Waals surface area contributed by atoms with E-state index >= 15 is 0 Å². The zero-order valence-corrected chi connectivity index (χ0v) is 8.43. The van der Waals surface area contributed by atoms with Crippen LogP contribution in [0.15, 0.2) is 16.9 Å². The molecule has 1 rings (SSSR count). The molecule has 80 valence electrons. The van der Waals surface area contributed by atoms with Crippen LogP contribution >= 0.6 is 0 Å². The molecule has 0 saturated heterocycles. The summed E-state index contributed by atoms with van der Waals surface area (Å²) in [4.78, 5) is 11.5. The Labute approximate surface area is 87.1 Å². The zero-order chi connectivity index (χ0) is 11.3. The number of aromatic hydroxyl groups is 1. The van der Waals surface area contributed by atoms with Gasteiger partial charge in [0.15, 0.2) is 5.88 Å². The third-order valence-electron chi connectivity index (χ3n) is 1.93. The number of ether oxygens (including phenoxy) is 1. The molecule has 1 aromatic heterocycles. The maximum absolute atomic E-state index is 11.5. The van der Waals surface area contributed by atoms with Crippen molar-refractivity contribution in [3.05, 3.63) is 28.0 Å². The van der Waals surface area contributed by atoms with Gasteiger partial charge in [-0.3, -0.25) is 9.36 Å².